The van der Waals surface area contributed by atoms with Crippen molar-refractivity contribution in [2.24, 2.45) is 4.99 Å². The molecule has 0 saturated heterocycles. The van der Waals surface area contributed by atoms with Gasteiger partial charge in [0.25, 0.3) is 0 Å². The summed E-state index contributed by atoms with van der Waals surface area (Å²) in [6.45, 7) is 0.748. The lowest BCUT2D eigenvalue weighted by Gasteiger charge is -2.20. The van der Waals surface area contributed by atoms with Crippen LogP contribution in [0.2, 0.25) is 0 Å². The summed E-state index contributed by atoms with van der Waals surface area (Å²) in [7, 11) is 0. The van der Waals surface area contributed by atoms with Crippen LogP contribution in [-0.4, -0.2) is 18.0 Å². The summed E-state index contributed by atoms with van der Waals surface area (Å²) in [5.74, 6) is 1.33. The first kappa shape index (κ1) is 13.8. The SMILES string of the molecule is O=C1CC(=NCCc2ccccc2)C[C@H](c2ccco2)C1. The van der Waals surface area contributed by atoms with E-state index in [1.54, 1.807) is 6.26 Å². The first-order chi connectivity index (χ1) is 10.3. The zero-order valence-electron chi connectivity index (χ0n) is 12.0. The van der Waals surface area contributed by atoms with Gasteiger partial charge in [0.15, 0.2) is 0 Å². The summed E-state index contributed by atoms with van der Waals surface area (Å²) in [6, 6.07) is 14.1. The van der Waals surface area contributed by atoms with Crippen LogP contribution in [0.4, 0.5) is 0 Å². The molecule has 1 aromatic carbocycles. The third-order valence-electron chi connectivity index (χ3n) is 3.88. The molecule has 0 N–H and O–H groups in total. The Balaban J connectivity index is 1.61. The number of hydrogen-bond donors (Lipinski definition) is 0. The number of carbonyl (C=O) groups is 1. The molecule has 3 nitrogen and oxygen atoms in total. The van der Waals surface area contributed by atoms with Gasteiger partial charge in [0.1, 0.15) is 11.5 Å². The van der Waals surface area contributed by atoms with E-state index in [-0.39, 0.29) is 11.7 Å². The van der Waals surface area contributed by atoms with Gasteiger partial charge < -0.3 is 4.42 Å². The summed E-state index contributed by atoms with van der Waals surface area (Å²) < 4.78 is 5.44. The molecule has 3 rings (SSSR count). The average Bonchev–Trinajstić information content (AvgIpc) is 3.02. The van der Waals surface area contributed by atoms with Gasteiger partial charge in [0, 0.05) is 31.0 Å². The number of carbonyl (C=O) groups excluding carboxylic acids is 1. The van der Waals surface area contributed by atoms with Crippen LogP contribution in [0, 0.1) is 0 Å². The summed E-state index contributed by atoms with van der Waals surface area (Å²) in [5.41, 5.74) is 2.30. The van der Waals surface area contributed by atoms with E-state index in [2.05, 4.69) is 17.1 Å². The molecule has 1 heterocycles. The molecule has 3 heteroatoms. The van der Waals surface area contributed by atoms with Crippen molar-refractivity contribution < 1.29 is 9.21 Å². The molecule has 1 saturated carbocycles. The Morgan fingerprint density at radius 2 is 1.95 bits per heavy atom. The van der Waals surface area contributed by atoms with Crippen molar-refractivity contribution >= 4 is 11.5 Å². The maximum atomic E-state index is 11.9. The number of ketones is 1. The number of Topliss-reactive ketones (excluding diaryl/α,β-unsaturated/α-hetero) is 1. The molecule has 1 aliphatic rings. The zero-order valence-corrected chi connectivity index (χ0v) is 12.0. The molecule has 1 fully saturated rings. The predicted octanol–water partition coefficient (Wildman–Crippen LogP) is 3.80. The molecular formula is C18H19NO2. The zero-order chi connectivity index (χ0) is 14.5. The van der Waals surface area contributed by atoms with Gasteiger partial charge in [-0.3, -0.25) is 9.79 Å². The Kier molecular flexibility index (Phi) is 4.29. The van der Waals surface area contributed by atoms with Crippen molar-refractivity contribution in [3.63, 3.8) is 0 Å². The lowest BCUT2D eigenvalue weighted by atomic mass is 9.85. The minimum absolute atomic E-state index is 0.164. The van der Waals surface area contributed by atoms with Gasteiger partial charge >= 0.3 is 0 Å². The largest absolute Gasteiger partial charge is 0.469 e. The molecule has 0 aliphatic heterocycles. The van der Waals surface area contributed by atoms with E-state index in [0.29, 0.717) is 12.8 Å². The maximum absolute atomic E-state index is 11.9. The van der Waals surface area contributed by atoms with E-state index in [0.717, 1.165) is 30.9 Å². The number of rotatable bonds is 4. The number of benzene rings is 1. The predicted molar refractivity (Wildman–Crippen MR) is 82.8 cm³/mol. The highest BCUT2D eigenvalue weighted by atomic mass is 16.3. The van der Waals surface area contributed by atoms with E-state index in [4.69, 9.17) is 4.42 Å². The van der Waals surface area contributed by atoms with E-state index in [1.165, 1.54) is 5.56 Å². The standard InChI is InChI=1S/C18H19NO2/c20-17-12-15(18-7-4-10-21-18)11-16(13-17)19-9-8-14-5-2-1-3-6-14/h1-7,10,15H,8-9,11-13H2/t15-/m0/s1. The van der Waals surface area contributed by atoms with Crippen molar-refractivity contribution in [2.45, 2.75) is 31.6 Å². The maximum Gasteiger partial charge on any atom is 0.139 e. The van der Waals surface area contributed by atoms with Gasteiger partial charge in [-0.25, -0.2) is 0 Å². The van der Waals surface area contributed by atoms with Crippen molar-refractivity contribution in [2.75, 3.05) is 6.54 Å². The fourth-order valence-corrected chi connectivity index (χ4v) is 2.84. The van der Waals surface area contributed by atoms with Gasteiger partial charge in [-0.1, -0.05) is 30.3 Å². The third kappa shape index (κ3) is 3.69. The smallest absolute Gasteiger partial charge is 0.139 e. The molecular weight excluding hydrogens is 262 g/mol. The van der Waals surface area contributed by atoms with Crippen LogP contribution in [0.1, 0.15) is 36.5 Å². The highest BCUT2D eigenvalue weighted by molar-refractivity contribution is 6.04. The first-order valence-corrected chi connectivity index (χ1v) is 7.42. The molecule has 1 aliphatic carbocycles. The summed E-state index contributed by atoms with van der Waals surface area (Å²) in [4.78, 5) is 16.5. The lowest BCUT2D eigenvalue weighted by Crippen LogP contribution is -2.21. The second-order valence-corrected chi connectivity index (χ2v) is 5.52. The van der Waals surface area contributed by atoms with E-state index in [9.17, 15) is 4.79 Å². The summed E-state index contributed by atoms with van der Waals surface area (Å²) in [6.07, 6.45) is 4.51. The highest BCUT2D eigenvalue weighted by Crippen LogP contribution is 2.30. The minimum atomic E-state index is 0.164. The van der Waals surface area contributed by atoms with Gasteiger partial charge in [0.05, 0.1) is 6.26 Å². The molecule has 0 radical (unpaired) electrons. The van der Waals surface area contributed by atoms with Gasteiger partial charge in [-0.15, -0.1) is 0 Å². The fraction of sp³-hybridized carbons (Fsp3) is 0.333. The van der Waals surface area contributed by atoms with Gasteiger partial charge in [0.2, 0.25) is 0 Å². The third-order valence-corrected chi connectivity index (χ3v) is 3.88. The molecule has 0 spiro atoms. The van der Waals surface area contributed by atoms with E-state index >= 15 is 0 Å². The Morgan fingerprint density at radius 1 is 1.10 bits per heavy atom. The number of nitrogens with zero attached hydrogens (tertiary/aromatic N) is 1. The normalized spacial score (nSPS) is 20.9. The van der Waals surface area contributed by atoms with Crippen molar-refractivity contribution in [1.29, 1.82) is 0 Å². The lowest BCUT2D eigenvalue weighted by molar-refractivity contribution is -0.118. The summed E-state index contributed by atoms with van der Waals surface area (Å²) >= 11 is 0. The molecule has 1 aromatic heterocycles. The number of furan rings is 1. The van der Waals surface area contributed by atoms with Crippen LogP contribution < -0.4 is 0 Å². The molecule has 1 atom stereocenters. The van der Waals surface area contributed by atoms with Gasteiger partial charge in [-0.05, 0) is 30.5 Å². The Bertz CT molecular complexity index is 614. The van der Waals surface area contributed by atoms with E-state index < -0.39 is 0 Å². The minimum Gasteiger partial charge on any atom is -0.469 e. The van der Waals surface area contributed by atoms with Crippen LogP contribution >= 0.6 is 0 Å². The summed E-state index contributed by atoms with van der Waals surface area (Å²) in [5, 5.41) is 0. The number of hydrogen-bond acceptors (Lipinski definition) is 3. The molecule has 0 bridgehead atoms. The van der Waals surface area contributed by atoms with Crippen molar-refractivity contribution in [1.82, 2.24) is 0 Å². The van der Waals surface area contributed by atoms with Crippen LogP contribution in [0.15, 0.2) is 58.1 Å². The Morgan fingerprint density at radius 3 is 2.71 bits per heavy atom. The topological polar surface area (TPSA) is 42.6 Å². The quantitative estimate of drug-likeness (QED) is 0.855. The Hall–Kier alpha value is -2.16. The van der Waals surface area contributed by atoms with Gasteiger partial charge in [-0.2, -0.15) is 0 Å². The van der Waals surface area contributed by atoms with Crippen LogP contribution in [-0.2, 0) is 11.2 Å². The van der Waals surface area contributed by atoms with Crippen molar-refractivity contribution in [3.05, 3.63) is 60.1 Å². The Labute approximate surface area is 124 Å². The van der Waals surface area contributed by atoms with Crippen LogP contribution in [0.3, 0.4) is 0 Å². The molecule has 108 valence electrons. The van der Waals surface area contributed by atoms with Crippen molar-refractivity contribution in [3.8, 4) is 0 Å². The molecule has 0 amide bonds. The molecule has 2 aromatic rings. The molecule has 21 heavy (non-hydrogen) atoms. The van der Waals surface area contributed by atoms with Crippen LogP contribution in [0.5, 0.6) is 0 Å². The van der Waals surface area contributed by atoms with E-state index in [1.807, 2.05) is 30.3 Å². The number of aliphatic imine (C=N–C) groups is 1. The van der Waals surface area contributed by atoms with Crippen LogP contribution in [0.25, 0.3) is 0 Å². The fourth-order valence-electron chi connectivity index (χ4n) is 2.84. The highest BCUT2D eigenvalue weighted by Gasteiger charge is 2.26. The second-order valence-electron chi connectivity index (χ2n) is 5.52. The first-order valence-electron chi connectivity index (χ1n) is 7.42. The average molecular weight is 281 g/mol. The molecule has 0 unspecified atom stereocenters. The monoisotopic (exact) mass is 281 g/mol. The second kappa shape index (κ2) is 6.53.